The number of aromatic nitrogens is 8. The molecule has 6 heterocycles. The number of pyridine rings is 1. The molecule has 0 bridgehead atoms. The zero-order chi connectivity index (χ0) is 46.7. The third-order valence-corrected chi connectivity index (χ3v) is 13.9. The zero-order valence-electron chi connectivity index (χ0n) is 38.5. The number of benzene rings is 9. The van der Waals surface area contributed by atoms with Crippen molar-refractivity contribution in [2.75, 3.05) is 0 Å². The standard InChI is InChI=1S/C62H38N8O.Pt/c1-40-17-14-31-55-60(40)64-62-69(55)54-34-33-45(36-58(54)70(62)59-37-57-49(38-63-59)47-25-9-10-27-50(47)67(57)41-18-4-2-5-19-41)71-44-23-15-22-43(35-44)65-39-66(53-30-13-12-29-52(53)65)56-32-16-26-48-46-24-8-11-28-51(46)68(61(48)56)42-20-6-3-7-21-42;/h2-34,37-38H,1H3;/q-2;. The maximum absolute atomic E-state index is 6.75. The van der Waals surface area contributed by atoms with Gasteiger partial charge in [-0.15, -0.1) is 30.3 Å². The third-order valence-electron chi connectivity index (χ3n) is 13.9. The number of hydrogen-bond donors (Lipinski definition) is 0. The van der Waals surface area contributed by atoms with Gasteiger partial charge in [0, 0.05) is 77.7 Å². The summed E-state index contributed by atoms with van der Waals surface area (Å²) < 4.78 is 19.9. The van der Waals surface area contributed by atoms with Crippen LogP contribution in [-0.4, -0.2) is 32.6 Å². The molecule has 0 radical (unpaired) electrons. The molecule has 344 valence electrons. The minimum atomic E-state index is 0. The van der Waals surface area contributed by atoms with Crippen molar-refractivity contribution in [3.63, 3.8) is 0 Å². The maximum atomic E-state index is 6.75. The number of para-hydroxylation sites is 8. The molecule has 0 aliphatic heterocycles. The van der Waals surface area contributed by atoms with E-state index in [1.54, 1.807) is 0 Å². The zero-order valence-corrected chi connectivity index (χ0v) is 40.8. The van der Waals surface area contributed by atoms with E-state index in [9.17, 15) is 0 Å². The molecule has 6 aromatic heterocycles. The van der Waals surface area contributed by atoms with Crippen molar-refractivity contribution in [3.05, 3.63) is 236 Å². The first-order chi connectivity index (χ1) is 35.1. The first kappa shape index (κ1) is 41.9. The smallest absolute Gasteiger partial charge is 0.268 e. The molecule has 15 rings (SSSR count). The van der Waals surface area contributed by atoms with E-state index in [1.165, 1.54) is 10.8 Å². The summed E-state index contributed by atoms with van der Waals surface area (Å²) in [6.45, 7) is 2.10. The van der Waals surface area contributed by atoms with Gasteiger partial charge in [0.15, 0.2) is 0 Å². The Balaban J connectivity index is 0.00000482. The van der Waals surface area contributed by atoms with Crippen molar-refractivity contribution in [3.8, 4) is 40.1 Å². The molecule has 0 saturated carbocycles. The number of nitrogens with zero attached hydrogens (tertiary/aromatic N) is 8. The van der Waals surface area contributed by atoms with Crippen LogP contribution < -0.4 is 9.30 Å². The van der Waals surface area contributed by atoms with E-state index in [4.69, 9.17) is 14.7 Å². The number of hydrogen-bond acceptors (Lipinski definition) is 3. The van der Waals surface area contributed by atoms with Gasteiger partial charge in [0.25, 0.3) is 6.33 Å². The van der Waals surface area contributed by atoms with Crippen molar-refractivity contribution < 1.29 is 30.4 Å². The van der Waals surface area contributed by atoms with Crippen molar-refractivity contribution in [1.82, 2.24) is 32.6 Å². The molecule has 0 amide bonds. The van der Waals surface area contributed by atoms with E-state index in [1.807, 2.05) is 36.5 Å². The van der Waals surface area contributed by atoms with Crippen molar-refractivity contribution in [2.45, 2.75) is 6.92 Å². The van der Waals surface area contributed by atoms with Gasteiger partial charge in [-0.2, -0.15) is 12.1 Å². The summed E-state index contributed by atoms with van der Waals surface area (Å²) in [5.74, 6) is 2.53. The number of imidazole rings is 3. The molecule has 0 spiro atoms. The third kappa shape index (κ3) is 6.20. The van der Waals surface area contributed by atoms with E-state index in [0.29, 0.717) is 11.5 Å². The minimum Gasteiger partial charge on any atom is -0.510 e. The fourth-order valence-electron chi connectivity index (χ4n) is 10.8. The van der Waals surface area contributed by atoms with Gasteiger partial charge >= 0.3 is 0 Å². The molecule has 0 fully saturated rings. The topological polar surface area (TPSA) is 63.0 Å². The molecule has 9 aromatic carbocycles. The molecule has 0 aliphatic carbocycles. The summed E-state index contributed by atoms with van der Waals surface area (Å²) in [4.78, 5) is 10.5. The Morgan fingerprint density at radius 1 is 0.500 bits per heavy atom. The fraction of sp³-hybridized carbons (Fsp3) is 0.0161. The molecular formula is C62H38N8OPt-2. The van der Waals surface area contributed by atoms with Crippen LogP contribution in [0.25, 0.3) is 111 Å². The quantitative estimate of drug-likeness (QED) is 0.118. The Labute approximate surface area is 426 Å². The van der Waals surface area contributed by atoms with Crippen LogP contribution in [0.15, 0.2) is 212 Å². The van der Waals surface area contributed by atoms with Gasteiger partial charge in [-0.25, -0.2) is 9.97 Å². The summed E-state index contributed by atoms with van der Waals surface area (Å²) >= 11 is 0. The van der Waals surface area contributed by atoms with Crippen LogP contribution in [0, 0.1) is 25.4 Å². The Hall–Kier alpha value is -9.04. The normalized spacial score (nSPS) is 11.8. The second kappa shape index (κ2) is 16.3. The van der Waals surface area contributed by atoms with Crippen molar-refractivity contribution in [2.24, 2.45) is 0 Å². The van der Waals surface area contributed by atoms with Crippen molar-refractivity contribution in [1.29, 1.82) is 0 Å². The summed E-state index contributed by atoms with van der Waals surface area (Å²) in [6.07, 6.45) is 5.73. The molecule has 0 unspecified atom stereocenters. The molecule has 10 heteroatoms. The predicted octanol–water partition coefficient (Wildman–Crippen LogP) is 13.7. The second-order valence-corrected chi connectivity index (χ2v) is 18.0. The Bertz CT molecular complexity index is 4640. The predicted molar refractivity (Wildman–Crippen MR) is 282 cm³/mol. The second-order valence-electron chi connectivity index (χ2n) is 18.0. The molecule has 9 nitrogen and oxygen atoms in total. The fourth-order valence-corrected chi connectivity index (χ4v) is 10.8. The van der Waals surface area contributed by atoms with Crippen LogP contribution in [0.1, 0.15) is 5.56 Å². The largest absolute Gasteiger partial charge is 0.510 e. The van der Waals surface area contributed by atoms with E-state index in [0.717, 1.165) is 106 Å². The summed E-state index contributed by atoms with van der Waals surface area (Å²) in [6, 6.07) is 78.9. The van der Waals surface area contributed by atoms with Crippen LogP contribution in [-0.2, 0) is 21.1 Å². The van der Waals surface area contributed by atoms with Crippen LogP contribution in [0.4, 0.5) is 0 Å². The van der Waals surface area contributed by atoms with Crippen LogP contribution in [0.5, 0.6) is 11.5 Å². The van der Waals surface area contributed by atoms with E-state index in [-0.39, 0.29) is 21.1 Å². The first-order valence-corrected chi connectivity index (χ1v) is 23.7. The van der Waals surface area contributed by atoms with E-state index < -0.39 is 0 Å². The maximum Gasteiger partial charge on any atom is 0.268 e. The first-order valence-electron chi connectivity index (χ1n) is 23.7. The van der Waals surface area contributed by atoms with Gasteiger partial charge in [-0.3, -0.25) is 9.13 Å². The average molecular weight is 1110 g/mol. The molecule has 72 heavy (non-hydrogen) atoms. The van der Waals surface area contributed by atoms with Crippen LogP contribution in [0.3, 0.4) is 0 Å². The van der Waals surface area contributed by atoms with Crippen molar-refractivity contribution >= 4 is 82.5 Å². The Kier molecular flexibility index (Phi) is 9.47. The van der Waals surface area contributed by atoms with Gasteiger partial charge in [0.2, 0.25) is 5.78 Å². The molecule has 15 aromatic rings. The van der Waals surface area contributed by atoms with Crippen LogP contribution >= 0.6 is 0 Å². The monoisotopic (exact) mass is 1110 g/mol. The summed E-state index contributed by atoms with van der Waals surface area (Å²) in [5, 5.41) is 4.57. The molecule has 0 saturated heterocycles. The molecule has 0 atom stereocenters. The minimum absolute atomic E-state index is 0. The van der Waals surface area contributed by atoms with Gasteiger partial charge in [-0.1, -0.05) is 121 Å². The summed E-state index contributed by atoms with van der Waals surface area (Å²) in [7, 11) is 0. The average Bonchev–Trinajstić information content (AvgIpc) is 4.23. The SMILES string of the molecule is Cc1cccc2c1nc1n(-c3cc4c(cn3)c3ccccc3n4-c3ccccc3)c3[c-]c(Oc4[c-]c(-n5[c-][n+](-c6cccc7c8ccccc8n(-c8ccccc8)c67)c6ccccc65)ccc4)ccc3n21.[Pt]. The Morgan fingerprint density at radius 3 is 1.94 bits per heavy atom. The molecular weight excluding hydrogens is 1070 g/mol. The van der Waals surface area contributed by atoms with Gasteiger partial charge < -0.3 is 22.8 Å². The van der Waals surface area contributed by atoms with Gasteiger partial charge in [0.1, 0.15) is 5.82 Å². The molecule has 0 N–H and O–H groups in total. The molecule has 0 aliphatic rings. The van der Waals surface area contributed by atoms with Crippen LogP contribution in [0.2, 0.25) is 0 Å². The number of fused-ring (bicyclic) bond motifs is 12. The van der Waals surface area contributed by atoms with Gasteiger partial charge in [0.05, 0.1) is 49.8 Å². The van der Waals surface area contributed by atoms with E-state index in [2.05, 4.69) is 229 Å². The number of rotatable bonds is 7. The number of ether oxygens (including phenoxy) is 1. The van der Waals surface area contributed by atoms with Gasteiger partial charge in [-0.05, 0) is 77.7 Å². The van der Waals surface area contributed by atoms with E-state index >= 15 is 0 Å². The summed E-state index contributed by atoms with van der Waals surface area (Å²) in [5.41, 5.74) is 15.1. The number of aryl methyl sites for hydroxylation is 1. The Morgan fingerprint density at radius 2 is 1.14 bits per heavy atom.